The molecule has 1 heterocycles. The number of hydrogen-bond donors (Lipinski definition) is 2. The third kappa shape index (κ3) is 7.27. The van der Waals surface area contributed by atoms with Crippen molar-refractivity contribution in [2.24, 2.45) is 4.99 Å². The van der Waals surface area contributed by atoms with Gasteiger partial charge in [-0.2, -0.15) is 0 Å². The van der Waals surface area contributed by atoms with Crippen LogP contribution in [0.15, 0.2) is 23.2 Å². The van der Waals surface area contributed by atoms with Crippen LogP contribution in [0.25, 0.3) is 0 Å². The molecule has 0 unspecified atom stereocenters. The van der Waals surface area contributed by atoms with E-state index in [1.54, 1.807) is 21.3 Å². The van der Waals surface area contributed by atoms with Gasteiger partial charge in [0, 0.05) is 31.8 Å². The van der Waals surface area contributed by atoms with Gasteiger partial charge in [-0.05, 0) is 51.0 Å². The molecule has 0 aromatic heterocycles. The average Bonchev–Trinajstić information content (AvgIpc) is 3.14. The number of ether oxygens (including phenoxy) is 2. The molecule has 0 aliphatic carbocycles. The van der Waals surface area contributed by atoms with Crippen molar-refractivity contribution < 1.29 is 9.47 Å². The minimum Gasteiger partial charge on any atom is -0.497 e. The first-order valence-electron chi connectivity index (χ1n) is 8.64. The van der Waals surface area contributed by atoms with Crippen molar-refractivity contribution in [2.75, 3.05) is 47.4 Å². The molecule has 7 heteroatoms. The van der Waals surface area contributed by atoms with Gasteiger partial charge in [-0.15, -0.1) is 24.0 Å². The minimum atomic E-state index is 0. The van der Waals surface area contributed by atoms with Gasteiger partial charge >= 0.3 is 0 Å². The molecule has 2 rings (SSSR count). The molecule has 142 valence electrons. The molecule has 1 aromatic rings. The van der Waals surface area contributed by atoms with Gasteiger partial charge in [0.05, 0.1) is 14.2 Å². The summed E-state index contributed by atoms with van der Waals surface area (Å²) >= 11 is 0. The fraction of sp³-hybridized carbons (Fsp3) is 0.611. The number of hydrogen-bond acceptors (Lipinski definition) is 4. The number of rotatable bonds is 8. The number of halogens is 1. The molecule has 25 heavy (non-hydrogen) atoms. The van der Waals surface area contributed by atoms with Crippen molar-refractivity contribution in [3.63, 3.8) is 0 Å². The Kier molecular flexibility index (Phi) is 10.6. The summed E-state index contributed by atoms with van der Waals surface area (Å²) in [5.74, 6) is 2.42. The van der Waals surface area contributed by atoms with Crippen molar-refractivity contribution in [2.45, 2.75) is 25.8 Å². The van der Waals surface area contributed by atoms with Crippen LogP contribution in [0, 0.1) is 0 Å². The van der Waals surface area contributed by atoms with Gasteiger partial charge < -0.3 is 25.0 Å². The lowest BCUT2D eigenvalue weighted by molar-refractivity contribution is 0.334. The molecule has 0 spiro atoms. The molecule has 0 bridgehead atoms. The van der Waals surface area contributed by atoms with E-state index in [1.807, 2.05) is 18.2 Å². The maximum Gasteiger partial charge on any atom is 0.191 e. The summed E-state index contributed by atoms with van der Waals surface area (Å²) in [7, 11) is 5.12. The molecule has 2 N–H and O–H groups in total. The Balaban J connectivity index is 0.00000312. The van der Waals surface area contributed by atoms with E-state index in [9.17, 15) is 0 Å². The topological polar surface area (TPSA) is 58.1 Å². The van der Waals surface area contributed by atoms with Crippen LogP contribution in [0.1, 0.15) is 24.8 Å². The van der Waals surface area contributed by atoms with Gasteiger partial charge in [-0.3, -0.25) is 4.99 Å². The van der Waals surface area contributed by atoms with E-state index in [2.05, 4.69) is 20.5 Å². The molecule has 1 aliphatic rings. The van der Waals surface area contributed by atoms with Gasteiger partial charge in [0.2, 0.25) is 0 Å². The summed E-state index contributed by atoms with van der Waals surface area (Å²) in [5.41, 5.74) is 1.07. The Hall–Kier alpha value is -1.22. The first-order chi connectivity index (χ1) is 11.8. The summed E-state index contributed by atoms with van der Waals surface area (Å²) in [5, 5.41) is 6.70. The monoisotopic (exact) mass is 462 g/mol. The van der Waals surface area contributed by atoms with E-state index in [4.69, 9.17) is 9.47 Å². The number of methoxy groups -OCH3 is 2. The summed E-state index contributed by atoms with van der Waals surface area (Å²) in [4.78, 5) is 6.80. The Morgan fingerprint density at radius 2 is 1.92 bits per heavy atom. The Morgan fingerprint density at radius 1 is 1.16 bits per heavy atom. The average molecular weight is 462 g/mol. The van der Waals surface area contributed by atoms with Gasteiger partial charge in [-0.1, -0.05) is 0 Å². The molecule has 1 fully saturated rings. The highest BCUT2D eigenvalue weighted by atomic mass is 127. The van der Waals surface area contributed by atoms with Crippen LogP contribution in [0.4, 0.5) is 0 Å². The number of benzene rings is 1. The third-order valence-corrected chi connectivity index (χ3v) is 4.31. The zero-order chi connectivity index (χ0) is 17.2. The van der Waals surface area contributed by atoms with Gasteiger partial charge in [-0.25, -0.2) is 0 Å². The lowest BCUT2D eigenvalue weighted by Crippen LogP contribution is -2.38. The standard InChI is InChI=1S/C18H30N4O2.HI/c1-19-18(20-9-6-12-22-10-4-5-11-22)21-14-15-7-8-16(23-2)13-17(15)24-3;/h7-8,13H,4-6,9-12,14H2,1-3H3,(H2,19,20,21);1H. The lowest BCUT2D eigenvalue weighted by Gasteiger charge is -2.16. The molecule has 6 nitrogen and oxygen atoms in total. The number of nitrogens with zero attached hydrogens (tertiary/aromatic N) is 2. The van der Waals surface area contributed by atoms with Crippen molar-refractivity contribution in [3.8, 4) is 11.5 Å². The highest BCUT2D eigenvalue weighted by Gasteiger charge is 2.10. The van der Waals surface area contributed by atoms with E-state index in [-0.39, 0.29) is 24.0 Å². The van der Waals surface area contributed by atoms with E-state index in [1.165, 1.54) is 25.9 Å². The van der Waals surface area contributed by atoms with Crippen molar-refractivity contribution in [1.29, 1.82) is 0 Å². The van der Waals surface area contributed by atoms with Crippen LogP contribution >= 0.6 is 24.0 Å². The Morgan fingerprint density at radius 3 is 2.56 bits per heavy atom. The number of guanidine groups is 1. The minimum absolute atomic E-state index is 0. The van der Waals surface area contributed by atoms with E-state index < -0.39 is 0 Å². The second-order valence-electron chi connectivity index (χ2n) is 5.93. The maximum atomic E-state index is 5.42. The third-order valence-electron chi connectivity index (χ3n) is 4.31. The zero-order valence-electron chi connectivity index (χ0n) is 15.5. The summed E-state index contributed by atoms with van der Waals surface area (Å²) in [6.07, 6.45) is 3.83. The number of nitrogens with one attached hydrogen (secondary N) is 2. The predicted octanol–water partition coefficient (Wildman–Crippen LogP) is 2.47. The summed E-state index contributed by atoms with van der Waals surface area (Å²) < 4.78 is 10.6. The van der Waals surface area contributed by atoms with Crippen LogP contribution in [0.2, 0.25) is 0 Å². The quantitative estimate of drug-likeness (QED) is 0.269. The summed E-state index contributed by atoms with van der Waals surface area (Å²) in [6, 6.07) is 5.83. The van der Waals surface area contributed by atoms with E-state index in [0.29, 0.717) is 6.54 Å². The fourth-order valence-corrected chi connectivity index (χ4v) is 2.91. The lowest BCUT2D eigenvalue weighted by atomic mass is 10.2. The Labute approximate surface area is 168 Å². The second-order valence-corrected chi connectivity index (χ2v) is 5.93. The Bertz CT molecular complexity index is 534. The molecule has 1 aromatic carbocycles. The fourth-order valence-electron chi connectivity index (χ4n) is 2.91. The smallest absolute Gasteiger partial charge is 0.191 e. The molecule has 1 aliphatic heterocycles. The molecule has 0 atom stereocenters. The molecule has 0 amide bonds. The van der Waals surface area contributed by atoms with Crippen LogP contribution in [-0.2, 0) is 6.54 Å². The van der Waals surface area contributed by atoms with Crippen LogP contribution in [-0.4, -0.2) is 58.3 Å². The SMILES string of the molecule is CN=C(NCCCN1CCCC1)NCc1ccc(OC)cc1OC.I. The van der Waals surface area contributed by atoms with Crippen molar-refractivity contribution >= 4 is 29.9 Å². The van der Waals surface area contributed by atoms with E-state index in [0.717, 1.165) is 42.5 Å². The second kappa shape index (κ2) is 12.2. The molecule has 0 radical (unpaired) electrons. The van der Waals surface area contributed by atoms with Crippen LogP contribution < -0.4 is 20.1 Å². The molecular weight excluding hydrogens is 431 g/mol. The van der Waals surface area contributed by atoms with Crippen molar-refractivity contribution in [1.82, 2.24) is 15.5 Å². The largest absolute Gasteiger partial charge is 0.497 e. The van der Waals surface area contributed by atoms with Crippen LogP contribution in [0.5, 0.6) is 11.5 Å². The van der Waals surface area contributed by atoms with Gasteiger partial charge in [0.25, 0.3) is 0 Å². The first kappa shape index (κ1) is 21.8. The van der Waals surface area contributed by atoms with Gasteiger partial charge in [0.1, 0.15) is 11.5 Å². The normalized spacial score (nSPS) is 14.8. The number of aliphatic imine (C=N–C) groups is 1. The van der Waals surface area contributed by atoms with Crippen molar-refractivity contribution in [3.05, 3.63) is 23.8 Å². The first-order valence-corrected chi connectivity index (χ1v) is 8.64. The highest BCUT2D eigenvalue weighted by Crippen LogP contribution is 2.24. The molecule has 0 saturated carbocycles. The van der Waals surface area contributed by atoms with E-state index >= 15 is 0 Å². The number of likely N-dealkylation sites (tertiary alicyclic amines) is 1. The summed E-state index contributed by atoms with van der Waals surface area (Å²) in [6.45, 7) is 5.25. The van der Waals surface area contributed by atoms with Gasteiger partial charge in [0.15, 0.2) is 5.96 Å². The predicted molar refractivity (Wildman–Crippen MR) is 113 cm³/mol. The maximum absolute atomic E-state index is 5.42. The highest BCUT2D eigenvalue weighted by molar-refractivity contribution is 14.0. The molecule has 1 saturated heterocycles. The zero-order valence-corrected chi connectivity index (χ0v) is 17.8. The molecular formula is C18H31IN4O2. The van der Waals surface area contributed by atoms with Crippen LogP contribution in [0.3, 0.4) is 0 Å².